The molecular formula is C11H17BrN2O3S. The maximum absolute atomic E-state index is 12.1. The fourth-order valence-electron chi connectivity index (χ4n) is 1.32. The van der Waals surface area contributed by atoms with Gasteiger partial charge in [0.15, 0.2) is 0 Å². The van der Waals surface area contributed by atoms with Gasteiger partial charge < -0.3 is 10.8 Å². The zero-order chi connectivity index (χ0) is 13.9. The van der Waals surface area contributed by atoms with Crippen LogP contribution in [0.1, 0.15) is 13.8 Å². The van der Waals surface area contributed by atoms with E-state index in [0.717, 1.165) is 0 Å². The van der Waals surface area contributed by atoms with Crippen molar-refractivity contribution in [2.24, 2.45) is 5.92 Å². The summed E-state index contributed by atoms with van der Waals surface area (Å²) in [6, 6.07) is 4.28. The molecule has 0 fully saturated rings. The molecule has 0 aliphatic rings. The molecule has 0 spiro atoms. The van der Waals surface area contributed by atoms with E-state index in [2.05, 4.69) is 20.7 Å². The first-order valence-corrected chi connectivity index (χ1v) is 7.73. The van der Waals surface area contributed by atoms with Crippen LogP contribution in [0.4, 0.5) is 5.69 Å². The van der Waals surface area contributed by atoms with E-state index in [1.54, 1.807) is 19.9 Å². The predicted molar refractivity (Wildman–Crippen MR) is 74.6 cm³/mol. The molecule has 102 valence electrons. The summed E-state index contributed by atoms with van der Waals surface area (Å²) in [6.45, 7) is 3.38. The summed E-state index contributed by atoms with van der Waals surface area (Å²) >= 11 is 3.21. The van der Waals surface area contributed by atoms with Gasteiger partial charge in [-0.2, -0.15) is 0 Å². The molecule has 0 heterocycles. The van der Waals surface area contributed by atoms with E-state index in [4.69, 9.17) is 10.8 Å². The van der Waals surface area contributed by atoms with Crippen LogP contribution in [0.3, 0.4) is 0 Å². The number of nitrogens with two attached hydrogens (primary N) is 1. The van der Waals surface area contributed by atoms with Gasteiger partial charge in [0.2, 0.25) is 10.0 Å². The summed E-state index contributed by atoms with van der Waals surface area (Å²) in [5, 5.41) is 9.00. The Bertz CT molecular complexity index is 519. The third-order valence-electron chi connectivity index (χ3n) is 2.75. The Balaban J connectivity index is 3.03. The number of anilines is 1. The van der Waals surface area contributed by atoms with Crippen molar-refractivity contribution in [1.82, 2.24) is 4.72 Å². The molecular weight excluding hydrogens is 320 g/mol. The minimum Gasteiger partial charge on any atom is -0.398 e. The van der Waals surface area contributed by atoms with Crippen molar-refractivity contribution in [2.45, 2.75) is 24.8 Å². The van der Waals surface area contributed by atoms with Gasteiger partial charge in [0, 0.05) is 17.1 Å². The maximum atomic E-state index is 12.1. The Kier molecular flexibility index (Phi) is 5.15. The Morgan fingerprint density at radius 1 is 1.44 bits per heavy atom. The van der Waals surface area contributed by atoms with Crippen molar-refractivity contribution in [1.29, 1.82) is 0 Å². The highest BCUT2D eigenvalue weighted by Gasteiger charge is 2.22. The monoisotopic (exact) mass is 336 g/mol. The van der Waals surface area contributed by atoms with Crippen LogP contribution in [0.15, 0.2) is 27.6 Å². The molecule has 2 atom stereocenters. The summed E-state index contributed by atoms with van der Waals surface area (Å²) in [4.78, 5) is 0.0360. The smallest absolute Gasteiger partial charge is 0.242 e. The molecule has 0 saturated carbocycles. The third kappa shape index (κ3) is 3.68. The quantitative estimate of drug-likeness (QED) is 0.707. The number of aliphatic hydroxyl groups is 1. The van der Waals surface area contributed by atoms with Crippen molar-refractivity contribution in [2.75, 3.05) is 12.3 Å². The topological polar surface area (TPSA) is 92.4 Å². The molecule has 0 saturated heterocycles. The number of sulfonamides is 1. The van der Waals surface area contributed by atoms with Crippen LogP contribution in [0.25, 0.3) is 0 Å². The molecule has 7 heteroatoms. The Morgan fingerprint density at radius 2 is 2.06 bits per heavy atom. The first-order valence-electron chi connectivity index (χ1n) is 5.46. The molecule has 0 aliphatic heterocycles. The van der Waals surface area contributed by atoms with Crippen LogP contribution in [0.2, 0.25) is 0 Å². The zero-order valence-corrected chi connectivity index (χ0v) is 12.6. The van der Waals surface area contributed by atoms with Gasteiger partial charge in [0.1, 0.15) is 4.90 Å². The van der Waals surface area contributed by atoms with Crippen molar-refractivity contribution >= 4 is 31.6 Å². The van der Waals surface area contributed by atoms with E-state index in [1.807, 2.05) is 0 Å². The lowest BCUT2D eigenvalue weighted by Gasteiger charge is -2.19. The first-order chi connectivity index (χ1) is 8.27. The highest BCUT2D eigenvalue weighted by molar-refractivity contribution is 9.10. The van der Waals surface area contributed by atoms with Crippen LogP contribution >= 0.6 is 15.9 Å². The molecule has 1 aromatic carbocycles. The molecule has 1 rings (SSSR count). The minimum atomic E-state index is -3.68. The molecule has 5 nitrogen and oxygen atoms in total. The number of hydrogen-bond acceptors (Lipinski definition) is 4. The number of hydrogen-bond donors (Lipinski definition) is 3. The van der Waals surface area contributed by atoms with Gasteiger partial charge in [0.05, 0.1) is 5.69 Å². The van der Waals surface area contributed by atoms with Crippen LogP contribution in [-0.2, 0) is 10.0 Å². The predicted octanol–water partition coefficient (Wildman–Crippen LogP) is 1.33. The van der Waals surface area contributed by atoms with Gasteiger partial charge in [-0.15, -0.1) is 0 Å². The molecule has 0 aliphatic carbocycles. The minimum absolute atomic E-state index is 0.0360. The second-order valence-corrected chi connectivity index (χ2v) is 6.85. The van der Waals surface area contributed by atoms with Gasteiger partial charge in [-0.05, 0) is 31.0 Å². The lowest BCUT2D eigenvalue weighted by Crippen LogP contribution is -2.38. The normalized spacial score (nSPS) is 15.3. The van der Waals surface area contributed by atoms with Crippen molar-refractivity contribution in [3.63, 3.8) is 0 Å². The molecule has 0 aromatic heterocycles. The summed E-state index contributed by atoms with van der Waals surface area (Å²) in [5.74, 6) is -0.173. The molecule has 0 amide bonds. The van der Waals surface area contributed by atoms with Gasteiger partial charge in [-0.25, -0.2) is 13.1 Å². The average molecular weight is 337 g/mol. The van der Waals surface area contributed by atoms with Gasteiger partial charge in [-0.3, -0.25) is 0 Å². The highest BCUT2D eigenvalue weighted by Crippen LogP contribution is 2.23. The van der Waals surface area contributed by atoms with Gasteiger partial charge >= 0.3 is 0 Å². The van der Waals surface area contributed by atoms with Crippen LogP contribution in [-0.4, -0.2) is 26.2 Å². The number of nitrogens with one attached hydrogen (secondary N) is 1. The van der Waals surface area contributed by atoms with Crippen molar-refractivity contribution in [3.05, 3.63) is 22.7 Å². The first kappa shape index (κ1) is 15.4. The molecule has 2 unspecified atom stereocenters. The number of rotatable bonds is 5. The molecule has 4 N–H and O–H groups in total. The lowest BCUT2D eigenvalue weighted by molar-refractivity contribution is 0.216. The molecule has 0 bridgehead atoms. The van der Waals surface area contributed by atoms with E-state index >= 15 is 0 Å². The standard InChI is InChI=1S/C11H17BrN2O3S/c1-7(6-15)8(2)14-18(16,17)11-5-9(12)3-4-10(11)13/h3-5,7-8,14-15H,6,13H2,1-2H3. The number of halogens is 1. The van der Waals surface area contributed by atoms with E-state index in [-0.39, 0.29) is 29.1 Å². The second kappa shape index (κ2) is 6.01. The Hall–Kier alpha value is -0.630. The average Bonchev–Trinajstić information content (AvgIpc) is 2.30. The molecule has 0 radical (unpaired) electrons. The van der Waals surface area contributed by atoms with Gasteiger partial charge in [0.25, 0.3) is 0 Å². The van der Waals surface area contributed by atoms with Crippen LogP contribution in [0, 0.1) is 5.92 Å². The largest absolute Gasteiger partial charge is 0.398 e. The Labute approximate surface area is 116 Å². The SMILES string of the molecule is CC(CO)C(C)NS(=O)(=O)c1cc(Br)ccc1N. The van der Waals surface area contributed by atoms with E-state index in [9.17, 15) is 8.42 Å². The summed E-state index contributed by atoms with van der Waals surface area (Å²) in [6.07, 6.45) is 0. The molecule has 1 aromatic rings. The third-order valence-corrected chi connectivity index (χ3v) is 4.86. The second-order valence-electron chi connectivity index (χ2n) is 4.25. The lowest BCUT2D eigenvalue weighted by atomic mass is 10.1. The molecule has 18 heavy (non-hydrogen) atoms. The maximum Gasteiger partial charge on any atom is 0.242 e. The fourth-order valence-corrected chi connectivity index (χ4v) is 3.35. The zero-order valence-electron chi connectivity index (χ0n) is 10.2. The van der Waals surface area contributed by atoms with Crippen molar-refractivity contribution in [3.8, 4) is 0 Å². The van der Waals surface area contributed by atoms with Crippen LogP contribution < -0.4 is 10.5 Å². The number of benzene rings is 1. The van der Waals surface area contributed by atoms with Crippen LogP contribution in [0.5, 0.6) is 0 Å². The van der Waals surface area contributed by atoms with Crippen molar-refractivity contribution < 1.29 is 13.5 Å². The van der Waals surface area contributed by atoms with E-state index in [0.29, 0.717) is 4.47 Å². The summed E-state index contributed by atoms with van der Waals surface area (Å²) in [7, 11) is -3.68. The number of nitrogen functional groups attached to an aromatic ring is 1. The Morgan fingerprint density at radius 3 is 2.61 bits per heavy atom. The fraction of sp³-hybridized carbons (Fsp3) is 0.455. The summed E-state index contributed by atoms with van der Waals surface area (Å²) < 4.78 is 27.4. The van der Waals surface area contributed by atoms with Gasteiger partial charge in [-0.1, -0.05) is 22.9 Å². The summed E-state index contributed by atoms with van der Waals surface area (Å²) in [5.41, 5.74) is 5.86. The van der Waals surface area contributed by atoms with E-state index < -0.39 is 10.0 Å². The number of aliphatic hydroxyl groups excluding tert-OH is 1. The highest BCUT2D eigenvalue weighted by atomic mass is 79.9. The van der Waals surface area contributed by atoms with E-state index in [1.165, 1.54) is 12.1 Å².